The van der Waals surface area contributed by atoms with Gasteiger partial charge in [-0.05, 0) is 35.7 Å². The summed E-state index contributed by atoms with van der Waals surface area (Å²) in [6, 6.07) is 9.36. The third-order valence-electron chi connectivity index (χ3n) is 2.93. The van der Waals surface area contributed by atoms with Gasteiger partial charge in [-0.25, -0.2) is 0 Å². The second-order valence-electron chi connectivity index (χ2n) is 4.67. The molecule has 0 bridgehead atoms. The van der Waals surface area contributed by atoms with E-state index in [-0.39, 0.29) is 18.2 Å². The molecule has 1 aromatic carbocycles. The van der Waals surface area contributed by atoms with E-state index in [0.29, 0.717) is 23.7 Å². The lowest BCUT2D eigenvalue weighted by atomic mass is 10.3. The van der Waals surface area contributed by atoms with Gasteiger partial charge in [0, 0.05) is 46.1 Å². The first-order chi connectivity index (χ1) is 11.1. The van der Waals surface area contributed by atoms with Gasteiger partial charge < -0.3 is 10.6 Å². The quantitative estimate of drug-likeness (QED) is 0.554. The van der Waals surface area contributed by atoms with Crippen molar-refractivity contribution in [1.29, 1.82) is 0 Å². The summed E-state index contributed by atoms with van der Waals surface area (Å²) in [5.41, 5.74) is 0.634. The van der Waals surface area contributed by atoms with Crippen molar-refractivity contribution in [1.82, 2.24) is 10.6 Å². The Morgan fingerprint density at radius 2 is 1.87 bits per heavy atom. The minimum absolute atomic E-state index is 0.0627. The number of hydrogen-bond acceptors (Lipinski definition) is 4. The van der Waals surface area contributed by atoms with Crippen molar-refractivity contribution in [2.24, 2.45) is 0 Å². The van der Waals surface area contributed by atoms with E-state index < -0.39 is 0 Å². The Hall–Kier alpha value is -1.50. The van der Waals surface area contributed by atoms with Crippen LogP contribution >= 0.6 is 34.7 Å². The van der Waals surface area contributed by atoms with Gasteiger partial charge in [0.15, 0.2) is 0 Å². The van der Waals surface area contributed by atoms with Gasteiger partial charge >= 0.3 is 0 Å². The van der Waals surface area contributed by atoms with Gasteiger partial charge in [0.1, 0.15) is 0 Å². The normalized spacial score (nSPS) is 10.3. The Morgan fingerprint density at radius 3 is 2.57 bits per heavy atom. The van der Waals surface area contributed by atoms with Gasteiger partial charge in [0.2, 0.25) is 5.91 Å². The molecule has 0 unspecified atom stereocenters. The van der Waals surface area contributed by atoms with Crippen LogP contribution in [0.3, 0.4) is 0 Å². The van der Waals surface area contributed by atoms with Crippen molar-refractivity contribution in [2.75, 3.05) is 18.8 Å². The number of nitrogens with one attached hydrogen (secondary N) is 2. The summed E-state index contributed by atoms with van der Waals surface area (Å²) < 4.78 is 0. The molecule has 0 aliphatic heterocycles. The molecule has 1 heterocycles. The van der Waals surface area contributed by atoms with E-state index in [0.717, 1.165) is 10.6 Å². The second-order valence-corrected chi connectivity index (χ2v) is 7.06. The second kappa shape index (κ2) is 9.60. The zero-order valence-corrected chi connectivity index (χ0v) is 14.8. The van der Waals surface area contributed by atoms with Crippen LogP contribution in [-0.4, -0.2) is 30.7 Å². The molecule has 0 atom stereocenters. The SMILES string of the molecule is O=C(CCNC(=O)c1ccsc1)NCCSc1ccc(Cl)cc1. The average Bonchev–Trinajstić information content (AvgIpc) is 3.08. The van der Waals surface area contributed by atoms with Crippen LogP contribution in [0.5, 0.6) is 0 Å². The van der Waals surface area contributed by atoms with Crippen LogP contribution in [0.4, 0.5) is 0 Å². The number of carbonyl (C=O) groups excluding carboxylic acids is 2. The lowest BCUT2D eigenvalue weighted by molar-refractivity contribution is -0.120. The zero-order chi connectivity index (χ0) is 16.5. The summed E-state index contributed by atoms with van der Waals surface area (Å²) in [5.74, 6) is 0.582. The third-order valence-corrected chi connectivity index (χ3v) is 4.88. The predicted octanol–water partition coefficient (Wildman–Crippen LogP) is 3.43. The number of rotatable bonds is 8. The molecule has 0 aliphatic carbocycles. The highest BCUT2D eigenvalue weighted by Crippen LogP contribution is 2.19. The van der Waals surface area contributed by atoms with E-state index in [1.165, 1.54) is 11.3 Å². The van der Waals surface area contributed by atoms with Crippen LogP contribution in [-0.2, 0) is 4.79 Å². The van der Waals surface area contributed by atoms with Gasteiger partial charge in [0.05, 0.1) is 0 Å². The van der Waals surface area contributed by atoms with Gasteiger partial charge in [-0.3, -0.25) is 9.59 Å². The van der Waals surface area contributed by atoms with Gasteiger partial charge in [-0.15, -0.1) is 11.8 Å². The Labute approximate surface area is 148 Å². The first-order valence-corrected chi connectivity index (χ1v) is 9.41. The number of benzene rings is 1. The van der Waals surface area contributed by atoms with E-state index in [9.17, 15) is 9.59 Å². The molecular formula is C16H17ClN2O2S2. The van der Waals surface area contributed by atoms with Crippen molar-refractivity contribution in [3.63, 3.8) is 0 Å². The van der Waals surface area contributed by atoms with Gasteiger partial charge in [0.25, 0.3) is 5.91 Å². The van der Waals surface area contributed by atoms with Crippen molar-refractivity contribution < 1.29 is 9.59 Å². The molecule has 0 saturated heterocycles. The van der Waals surface area contributed by atoms with E-state index in [1.54, 1.807) is 23.2 Å². The first-order valence-electron chi connectivity index (χ1n) is 7.10. The van der Waals surface area contributed by atoms with Gasteiger partial charge in [-0.1, -0.05) is 11.6 Å². The molecule has 2 N–H and O–H groups in total. The zero-order valence-electron chi connectivity index (χ0n) is 12.4. The third kappa shape index (κ3) is 6.64. The van der Waals surface area contributed by atoms with E-state index in [2.05, 4.69) is 10.6 Å². The van der Waals surface area contributed by atoms with E-state index in [1.807, 2.05) is 29.6 Å². The number of hydrogen-bond donors (Lipinski definition) is 2. The van der Waals surface area contributed by atoms with Crippen molar-refractivity contribution in [2.45, 2.75) is 11.3 Å². The molecule has 4 nitrogen and oxygen atoms in total. The molecule has 2 aromatic rings. The lowest BCUT2D eigenvalue weighted by Crippen LogP contribution is -2.31. The number of carbonyl (C=O) groups is 2. The van der Waals surface area contributed by atoms with Crippen molar-refractivity contribution >= 4 is 46.5 Å². The number of thiophene rings is 1. The summed E-state index contributed by atoms with van der Waals surface area (Å²) in [7, 11) is 0. The largest absolute Gasteiger partial charge is 0.355 e. The Balaban J connectivity index is 1.55. The van der Waals surface area contributed by atoms with Crippen LogP contribution in [0, 0.1) is 0 Å². The molecule has 122 valence electrons. The summed E-state index contributed by atoms with van der Waals surface area (Å²) in [6.07, 6.45) is 0.279. The minimum Gasteiger partial charge on any atom is -0.355 e. The monoisotopic (exact) mass is 368 g/mol. The molecule has 0 fully saturated rings. The summed E-state index contributed by atoms with van der Waals surface area (Å²) in [6.45, 7) is 0.926. The highest BCUT2D eigenvalue weighted by Gasteiger charge is 2.06. The fourth-order valence-electron chi connectivity index (χ4n) is 1.76. The lowest BCUT2D eigenvalue weighted by Gasteiger charge is -2.06. The summed E-state index contributed by atoms with van der Waals surface area (Å²) in [5, 5.41) is 9.91. The van der Waals surface area contributed by atoms with Crippen LogP contribution in [0.2, 0.25) is 5.02 Å². The van der Waals surface area contributed by atoms with Gasteiger partial charge in [-0.2, -0.15) is 11.3 Å². The first kappa shape index (κ1) is 17.8. The average molecular weight is 369 g/mol. The van der Waals surface area contributed by atoms with Crippen LogP contribution in [0.1, 0.15) is 16.8 Å². The van der Waals surface area contributed by atoms with Crippen molar-refractivity contribution in [3.8, 4) is 0 Å². The molecule has 7 heteroatoms. The molecule has 0 aliphatic rings. The van der Waals surface area contributed by atoms with Crippen LogP contribution in [0.15, 0.2) is 46.0 Å². The van der Waals surface area contributed by atoms with E-state index >= 15 is 0 Å². The fraction of sp³-hybridized carbons (Fsp3) is 0.250. The minimum atomic E-state index is -0.141. The van der Waals surface area contributed by atoms with Crippen molar-refractivity contribution in [3.05, 3.63) is 51.7 Å². The van der Waals surface area contributed by atoms with Crippen LogP contribution in [0.25, 0.3) is 0 Å². The molecule has 0 spiro atoms. The smallest absolute Gasteiger partial charge is 0.252 e. The molecule has 23 heavy (non-hydrogen) atoms. The van der Waals surface area contributed by atoms with E-state index in [4.69, 9.17) is 11.6 Å². The number of thioether (sulfide) groups is 1. The fourth-order valence-corrected chi connectivity index (χ4v) is 3.29. The molecule has 2 amide bonds. The molecule has 2 rings (SSSR count). The topological polar surface area (TPSA) is 58.2 Å². The predicted molar refractivity (Wildman–Crippen MR) is 96.5 cm³/mol. The maximum atomic E-state index is 11.7. The highest BCUT2D eigenvalue weighted by molar-refractivity contribution is 7.99. The Kier molecular flexibility index (Phi) is 7.45. The maximum Gasteiger partial charge on any atom is 0.252 e. The maximum absolute atomic E-state index is 11.7. The highest BCUT2D eigenvalue weighted by atomic mass is 35.5. The Bertz CT molecular complexity index is 630. The van der Waals surface area contributed by atoms with Crippen LogP contribution < -0.4 is 10.6 Å². The number of halogens is 1. The Morgan fingerprint density at radius 1 is 1.09 bits per heavy atom. The molecule has 0 radical (unpaired) electrons. The molecule has 0 saturated carbocycles. The molecule has 1 aromatic heterocycles. The standard InChI is InChI=1S/C16H17ClN2O2S2/c17-13-1-3-14(4-2-13)23-10-8-18-15(20)5-7-19-16(21)12-6-9-22-11-12/h1-4,6,9,11H,5,7-8,10H2,(H,18,20)(H,19,21). The summed E-state index contributed by atoms with van der Waals surface area (Å²) >= 11 is 8.95. The molecular weight excluding hydrogens is 352 g/mol. The summed E-state index contributed by atoms with van der Waals surface area (Å²) in [4.78, 5) is 24.5. The number of amides is 2.